The van der Waals surface area contributed by atoms with Crippen LogP contribution >= 0.6 is 15.9 Å². The van der Waals surface area contributed by atoms with Crippen molar-refractivity contribution >= 4 is 21.7 Å². The maximum atomic E-state index is 4.08. The van der Waals surface area contributed by atoms with E-state index in [-0.39, 0.29) is 0 Å². The van der Waals surface area contributed by atoms with Gasteiger partial charge in [0, 0.05) is 19.2 Å². The predicted octanol–water partition coefficient (Wildman–Crippen LogP) is 1.01. The van der Waals surface area contributed by atoms with Crippen molar-refractivity contribution in [3.05, 3.63) is 28.9 Å². The molecule has 0 bridgehead atoms. The van der Waals surface area contributed by atoms with Crippen molar-refractivity contribution in [3.63, 3.8) is 0 Å². The molecule has 7 heteroatoms. The van der Waals surface area contributed by atoms with Crippen molar-refractivity contribution in [2.45, 2.75) is 6.42 Å². The molecule has 0 aromatic carbocycles. The molecule has 6 nitrogen and oxygen atoms in total. The number of H-pyrrole nitrogens is 1. The van der Waals surface area contributed by atoms with Crippen molar-refractivity contribution in [1.82, 2.24) is 25.4 Å². The van der Waals surface area contributed by atoms with E-state index in [1.807, 2.05) is 0 Å². The van der Waals surface area contributed by atoms with Crippen LogP contribution in [-0.4, -0.2) is 31.9 Å². The van der Waals surface area contributed by atoms with Gasteiger partial charge in [-0.25, -0.2) is 9.97 Å². The summed E-state index contributed by atoms with van der Waals surface area (Å²) in [4.78, 5) is 7.96. The number of rotatable bonds is 4. The first-order chi connectivity index (χ1) is 7.36. The standard InChI is InChI=1S/C8H9BrN6/c9-7-4-10-5-12-8(7)11-2-1-6-3-13-15-14-6/h3-5H,1-2H2,(H,10,11,12)(H,13,14,15). The van der Waals surface area contributed by atoms with Gasteiger partial charge in [-0.2, -0.15) is 15.4 Å². The topological polar surface area (TPSA) is 79.4 Å². The second kappa shape index (κ2) is 4.83. The molecular formula is C8H9BrN6. The molecule has 15 heavy (non-hydrogen) atoms. The molecule has 0 radical (unpaired) electrons. The Kier molecular flexibility index (Phi) is 3.23. The normalized spacial score (nSPS) is 10.2. The maximum Gasteiger partial charge on any atom is 0.143 e. The number of aromatic amines is 1. The van der Waals surface area contributed by atoms with Gasteiger partial charge in [-0.05, 0) is 15.9 Å². The Morgan fingerprint density at radius 3 is 3.07 bits per heavy atom. The average Bonchev–Trinajstić information content (AvgIpc) is 2.74. The van der Waals surface area contributed by atoms with E-state index >= 15 is 0 Å². The third kappa shape index (κ3) is 2.72. The van der Waals surface area contributed by atoms with Crippen LogP contribution in [0.15, 0.2) is 23.2 Å². The van der Waals surface area contributed by atoms with Crippen LogP contribution < -0.4 is 5.32 Å². The van der Waals surface area contributed by atoms with Crippen molar-refractivity contribution in [1.29, 1.82) is 0 Å². The van der Waals surface area contributed by atoms with Crippen LogP contribution in [0.2, 0.25) is 0 Å². The molecule has 2 aromatic rings. The fourth-order valence-corrected chi connectivity index (χ4v) is 1.46. The monoisotopic (exact) mass is 268 g/mol. The van der Waals surface area contributed by atoms with E-state index in [9.17, 15) is 0 Å². The third-order valence-corrected chi connectivity index (χ3v) is 2.39. The number of hydrogen-bond acceptors (Lipinski definition) is 5. The molecule has 0 unspecified atom stereocenters. The summed E-state index contributed by atoms with van der Waals surface area (Å²) in [6, 6.07) is 0. The first-order valence-corrected chi connectivity index (χ1v) is 5.19. The molecule has 2 N–H and O–H groups in total. The van der Waals surface area contributed by atoms with Gasteiger partial charge in [0.1, 0.15) is 12.1 Å². The van der Waals surface area contributed by atoms with E-state index in [4.69, 9.17) is 0 Å². The van der Waals surface area contributed by atoms with Crippen LogP contribution in [0, 0.1) is 0 Å². The molecule has 0 aliphatic heterocycles. The lowest BCUT2D eigenvalue weighted by atomic mass is 10.3. The molecule has 0 aliphatic carbocycles. The van der Waals surface area contributed by atoms with Gasteiger partial charge in [-0.1, -0.05) is 0 Å². The quantitative estimate of drug-likeness (QED) is 0.866. The molecule has 0 spiro atoms. The maximum absolute atomic E-state index is 4.08. The van der Waals surface area contributed by atoms with Gasteiger partial charge in [-0.15, -0.1) is 0 Å². The van der Waals surface area contributed by atoms with E-state index in [1.54, 1.807) is 12.4 Å². The Hall–Kier alpha value is -1.50. The number of nitrogens with zero attached hydrogens (tertiary/aromatic N) is 4. The largest absolute Gasteiger partial charge is 0.369 e. The van der Waals surface area contributed by atoms with Gasteiger partial charge >= 0.3 is 0 Å². The lowest BCUT2D eigenvalue weighted by molar-refractivity contribution is 0.889. The predicted molar refractivity (Wildman–Crippen MR) is 58.3 cm³/mol. The highest BCUT2D eigenvalue weighted by atomic mass is 79.9. The fraction of sp³-hybridized carbons (Fsp3) is 0.250. The van der Waals surface area contributed by atoms with Gasteiger partial charge < -0.3 is 5.32 Å². The third-order valence-electron chi connectivity index (χ3n) is 1.81. The second-order valence-corrected chi connectivity index (χ2v) is 3.71. The second-order valence-electron chi connectivity index (χ2n) is 2.86. The highest BCUT2D eigenvalue weighted by Crippen LogP contribution is 2.16. The van der Waals surface area contributed by atoms with Gasteiger partial charge in [0.05, 0.1) is 16.4 Å². The van der Waals surface area contributed by atoms with E-state index < -0.39 is 0 Å². The van der Waals surface area contributed by atoms with E-state index in [0.717, 1.165) is 29.0 Å². The summed E-state index contributed by atoms with van der Waals surface area (Å²) >= 11 is 3.35. The molecule has 2 aromatic heterocycles. The molecule has 78 valence electrons. The molecule has 0 aliphatic rings. The zero-order chi connectivity index (χ0) is 10.5. The summed E-state index contributed by atoms with van der Waals surface area (Å²) in [5.74, 6) is 0.786. The Morgan fingerprint density at radius 1 is 1.40 bits per heavy atom. The first kappa shape index (κ1) is 10.0. The summed E-state index contributed by atoms with van der Waals surface area (Å²) in [7, 11) is 0. The van der Waals surface area contributed by atoms with Crippen molar-refractivity contribution in [3.8, 4) is 0 Å². The number of nitrogens with one attached hydrogen (secondary N) is 2. The van der Waals surface area contributed by atoms with Gasteiger partial charge in [0.15, 0.2) is 0 Å². The average molecular weight is 269 g/mol. The van der Waals surface area contributed by atoms with E-state index in [1.165, 1.54) is 6.33 Å². The highest BCUT2D eigenvalue weighted by Gasteiger charge is 2.00. The minimum Gasteiger partial charge on any atom is -0.369 e. The van der Waals surface area contributed by atoms with Crippen molar-refractivity contribution < 1.29 is 0 Å². The molecule has 0 atom stereocenters. The summed E-state index contributed by atoms with van der Waals surface area (Å²) in [5.41, 5.74) is 0.924. The zero-order valence-electron chi connectivity index (χ0n) is 7.81. The Morgan fingerprint density at radius 2 is 2.33 bits per heavy atom. The Balaban J connectivity index is 1.86. The molecule has 0 fully saturated rings. The first-order valence-electron chi connectivity index (χ1n) is 4.40. The number of anilines is 1. The van der Waals surface area contributed by atoms with Crippen LogP contribution in [0.25, 0.3) is 0 Å². The molecule has 0 amide bonds. The molecule has 0 saturated carbocycles. The molecule has 2 rings (SSSR count). The fourth-order valence-electron chi connectivity index (χ4n) is 1.10. The summed E-state index contributed by atoms with van der Waals surface area (Å²) in [6.45, 7) is 0.752. The lowest BCUT2D eigenvalue weighted by Crippen LogP contribution is -2.07. The molecule has 2 heterocycles. The van der Waals surface area contributed by atoms with Crippen LogP contribution in [0.5, 0.6) is 0 Å². The zero-order valence-corrected chi connectivity index (χ0v) is 9.40. The van der Waals surface area contributed by atoms with Gasteiger partial charge in [0.25, 0.3) is 0 Å². The van der Waals surface area contributed by atoms with E-state index in [0.29, 0.717) is 0 Å². The van der Waals surface area contributed by atoms with E-state index in [2.05, 4.69) is 46.6 Å². The van der Waals surface area contributed by atoms with Crippen LogP contribution in [-0.2, 0) is 6.42 Å². The number of hydrogen-bond donors (Lipinski definition) is 2. The van der Waals surface area contributed by atoms with Gasteiger partial charge in [-0.3, -0.25) is 0 Å². The highest BCUT2D eigenvalue weighted by molar-refractivity contribution is 9.10. The Labute approximate surface area is 94.7 Å². The summed E-state index contributed by atoms with van der Waals surface area (Å²) in [5, 5.41) is 13.4. The lowest BCUT2D eigenvalue weighted by Gasteiger charge is -2.04. The number of halogens is 1. The molecular weight excluding hydrogens is 260 g/mol. The Bertz CT molecular complexity index is 415. The minimum absolute atomic E-state index is 0.752. The van der Waals surface area contributed by atoms with Crippen LogP contribution in [0.4, 0.5) is 5.82 Å². The number of aromatic nitrogens is 5. The van der Waals surface area contributed by atoms with Crippen LogP contribution in [0.3, 0.4) is 0 Å². The smallest absolute Gasteiger partial charge is 0.143 e. The SMILES string of the molecule is Brc1cncnc1NCCc1cn[nH]n1. The van der Waals surface area contributed by atoms with Crippen LogP contribution in [0.1, 0.15) is 5.69 Å². The van der Waals surface area contributed by atoms with Gasteiger partial charge in [0.2, 0.25) is 0 Å². The summed E-state index contributed by atoms with van der Waals surface area (Å²) in [6.07, 6.45) is 5.71. The summed E-state index contributed by atoms with van der Waals surface area (Å²) < 4.78 is 0.852. The van der Waals surface area contributed by atoms with Crippen molar-refractivity contribution in [2.75, 3.05) is 11.9 Å². The van der Waals surface area contributed by atoms with Crippen molar-refractivity contribution in [2.24, 2.45) is 0 Å². The molecule has 0 saturated heterocycles. The minimum atomic E-state index is 0.752.